The van der Waals surface area contributed by atoms with Gasteiger partial charge in [0.05, 0.1) is 11.9 Å². The summed E-state index contributed by atoms with van der Waals surface area (Å²) in [7, 11) is 0. The first-order valence-corrected chi connectivity index (χ1v) is 7.68. The first-order valence-electron chi connectivity index (χ1n) is 7.68. The van der Waals surface area contributed by atoms with Crippen molar-refractivity contribution in [3.05, 3.63) is 66.6 Å². The van der Waals surface area contributed by atoms with Gasteiger partial charge < -0.3 is 5.32 Å². The number of nitrogens with zero attached hydrogens (tertiary/aromatic N) is 5. The molecule has 0 aliphatic heterocycles. The number of imidazole rings is 1. The van der Waals surface area contributed by atoms with E-state index in [0.717, 1.165) is 11.3 Å². The molecule has 0 aliphatic carbocycles. The van der Waals surface area contributed by atoms with E-state index in [1.807, 2.05) is 12.1 Å². The highest BCUT2D eigenvalue weighted by molar-refractivity contribution is 5.93. The first-order chi connectivity index (χ1) is 12.7. The van der Waals surface area contributed by atoms with Crippen LogP contribution in [-0.4, -0.2) is 35.7 Å². The molecule has 9 nitrogen and oxygen atoms in total. The molecule has 0 atom stereocenters. The fraction of sp³-hybridized carbons (Fsp3) is 0. The number of aromatic nitrogens is 5. The van der Waals surface area contributed by atoms with E-state index in [1.165, 1.54) is 0 Å². The van der Waals surface area contributed by atoms with Gasteiger partial charge in [-0.15, -0.1) is 0 Å². The van der Waals surface area contributed by atoms with Gasteiger partial charge in [0.15, 0.2) is 5.65 Å². The van der Waals surface area contributed by atoms with Crippen molar-refractivity contribution in [1.29, 1.82) is 0 Å². The number of nitrogens with one attached hydrogen (secondary N) is 2. The minimum atomic E-state index is -0.574. The average molecular weight is 347 g/mol. The molecule has 3 heterocycles. The van der Waals surface area contributed by atoms with Crippen LogP contribution in [0.4, 0.5) is 11.6 Å². The molecule has 128 valence electrons. The number of carbonyl (C=O) groups is 1. The largest absolute Gasteiger partial charge is 0.324 e. The van der Waals surface area contributed by atoms with E-state index in [9.17, 15) is 4.79 Å². The van der Waals surface area contributed by atoms with Crippen LogP contribution in [0, 0.1) is 0 Å². The Hall–Kier alpha value is -3.85. The van der Waals surface area contributed by atoms with Crippen molar-refractivity contribution in [1.82, 2.24) is 30.0 Å². The molecule has 3 aromatic heterocycles. The van der Waals surface area contributed by atoms with Gasteiger partial charge in [0, 0.05) is 23.6 Å². The van der Waals surface area contributed by atoms with Crippen molar-refractivity contribution >= 4 is 23.2 Å². The summed E-state index contributed by atoms with van der Waals surface area (Å²) in [4.78, 5) is 24.3. The number of fused-ring (bicyclic) bond motifs is 1. The highest BCUT2D eigenvalue weighted by atomic mass is 16.5. The van der Waals surface area contributed by atoms with E-state index in [4.69, 9.17) is 5.21 Å². The molecule has 0 saturated carbocycles. The molecule has 26 heavy (non-hydrogen) atoms. The molecule has 0 saturated heterocycles. The Morgan fingerprint density at radius 2 is 1.88 bits per heavy atom. The van der Waals surface area contributed by atoms with Crippen molar-refractivity contribution in [2.24, 2.45) is 0 Å². The van der Waals surface area contributed by atoms with Gasteiger partial charge in [0.2, 0.25) is 5.95 Å². The van der Waals surface area contributed by atoms with Gasteiger partial charge in [-0.25, -0.2) is 24.9 Å². The fourth-order valence-corrected chi connectivity index (χ4v) is 2.46. The van der Waals surface area contributed by atoms with E-state index in [1.54, 1.807) is 58.9 Å². The molecule has 9 heteroatoms. The predicted octanol–water partition coefficient (Wildman–Crippen LogP) is 2.05. The van der Waals surface area contributed by atoms with Crippen molar-refractivity contribution in [2.75, 3.05) is 5.32 Å². The lowest BCUT2D eigenvalue weighted by Gasteiger charge is -2.07. The summed E-state index contributed by atoms with van der Waals surface area (Å²) in [5.41, 5.74) is 4.78. The van der Waals surface area contributed by atoms with E-state index in [-0.39, 0.29) is 0 Å². The van der Waals surface area contributed by atoms with Crippen LogP contribution in [0.25, 0.3) is 17.0 Å². The summed E-state index contributed by atoms with van der Waals surface area (Å²) in [6.07, 6.45) is 5.03. The Morgan fingerprint density at radius 3 is 2.69 bits per heavy atom. The van der Waals surface area contributed by atoms with Gasteiger partial charge >= 0.3 is 0 Å². The number of benzene rings is 1. The standard InChI is InChI=1S/C17H13N7O2/c25-16(23-26)11-3-5-12(6-4-11)21-17-18-9-7-13(22-17)14-10-19-15-2-1-8-20-24(14)15/h1-10,26H,(H,23,25)(H,18,21,22). The minimum Gasteiger partial charge on any atom is -0.324 e. The number of hydrogen-bond acceptors (Lipinski definition) is 7. The second-order valence-electron chi connectivity index (χ2n) is 5.35. The summed E-state index contributed by atoms with van der Waals surface area (Å²) >= 11 is 0. The lowest BCUT2D eigenvalue weighted by atomic mass is 10.2. The van der Waals surface area contributed by atoms with E-state index >= 15 is 0 Å². The van der Waals surface area contributed by atoms with E-state index in [0.29, 0.717) is 22.9 Å². The summed E-state index contributed by atoms with van der Waals surface area (Å²) < 4.78 is 1.70. The number of anilines is 2. The normalized spacial score (nSPS) is 10.7. The quantitative estimate of drug-likeness (QED) is 0.382. The predicted molar refractivity (Wildman–Crippen MR) is 93.0 cm³/mol. The molecule has 3 N–H and O–H groups in total. The average Bonchev–Trinajstić information content (AvgIpc) is 3.12. The number of hydrogen-bond donors (Lipinski definition) is 3. The minimum absolute atomic E-state index is 0.338. The van der Waals surface area contributed by atoms with Crippen LogP contribution in [0.5, 0.6) is 0 Å². The maximum Gasteiger partial charge on any atom is 0.274 e. The Kier molecular flexibility index (Phi) is 3.96. The Bertz CT molecular complexity index is 1080. The number of carbonyl (C=O) groups excluding carboxylic acids is 1. The van der Waals surface area contributed by atoms with Crippen molar-refractivity contribution in [3.8, 4) is 11.4 Å². The summed E-state index contributed by atoms with van der Waals surface area (Å²) in [6.45, 7) is 0. The molecule has 0 bridgehead atoms. The molecule has 0 radical (unpaired) electrons. The van der Waals surface area contributed by atoms with Crippen LogP contribution in [0.1, 0.15) is 10.4 Å². The smallest absolute Gasteiger partial charge is 0.274 e. The SMILES string of the molecule is O=C(NO)c1ccc(Nc2nccc(-c3cnc4cccnn34)n2)cc1. The number of rotatable bonds is 4. The van der Waals surface area contributed by atoms with Gasteiger partial charge in [0.1, 0.15) is 5.69 Å². The third-order valence-corrected chi connectivity index (χ3v) is 3.70. The van der Waals surface area contributed by atoms with E-state index in [2.05, 4.69) is 25.4 Å². The lowest BCUT2D eigenvalue weighted by molar-refractivity contribution is 0.0706. The monoisotopic (exact) mass is 347 g/mol. The third kappa shape index (κ3) is 2.94. The summed E-state index contributed by atoms with van der Waals surface area (Å²) in [5, 5.41) is 16.0. The molecular formula is C17H13N7O2. The Balaban J connectivity index is 1.61. The van der Waals surface area contributed by atoms with Gasteiger partial charge in [-0.05, 0) is 42.5 Å². The molecule has 1 amide bonds. The fourth-order valence-electron chi connectivity index (χ4n) is 2.46. The zero-order valence-corrected chi connectivity index (χ0v) is 13.4. The van der Waals surface area contributed by atoms with E-state index < -0.39 is 5.91 Å². The molecule has 0 unspecified atom stereocenters. The summed E-state index contributed by atoms with van der Waals surface area (Å²) in [6, 6.07) is 12.0. The molecule has 0 aliphatic rings. The van der Waals surface area contributed by atoms with Gasteiger partial charge in [0.25, 0.3) is 5.91 Å². The first kappa shape index (κ1) is 15.7. The van der Waals surface area contributed by atoms with Crippen molar-refractivity contribution < 1.29 is 10.0 Å². The second kappa shape index (κ2) is 6.57. The van der Waals surface area contributed by atoms with Crippen LogP contribution in [-0.2, 0) is 0 Å². The van der Waals surface area contributed by atoms with Crippen LogP contribution < -0.4 is 10.8 Å². The van der Waals surface area contributed by atoms with Crippen LogP contribution >= 0.6 is 0 Å². The Morgan fingerprint density at radius 1 is 1.04 bits per heavy atom. The zero-order chi connectivity index (χ0) is 17.9. The van der Waals surface area contributed by atoms with Crippen LogP contribution in [0.15, 0.2) is 61.1 Å². The molecule has 4 aromatic rings. The summed E-state index contributed by atoms with van der Waals surface area (Å²) in [5.74, 6) is -0.178. The maximum atomic E-state index is 11.3. The second-order valence-corrected chi connectivity index (χ2v) is 5.35. The van der Waals surface area contributed by atoms with Crippen molar-refractivity contribution in [2.45, 2.75) is 0 Å². The zero-order valence-electron chi connectivity index (χ0n) is 13.4. The highest BCUT2D eigenvalue weighted by Gasteiger charge is 2.09. The molecular weight excluding hydrogens is 334 g/mol. The molecule has 4 rings (SSSR count). The molecule has 1 aromatic carbocycles. The topological polar surface area (TPSA) is 117 Å². The maximum absolute atomic E-state index is 11.3. The van der Waals surface area contributed by atoms with Gasteiger partial charge in [-0.2, -0.15) is 5.10 Å². The van der Waals surface area contributed by atoms with Crippen LogP contribution in [0.3, 0.4) is 0 Å². The molecule has 0 fully saturated rings. The van der Waals surface area contributed by atoms with Crippen LogP contribution in [0.2, 0.25) is 0 Å². The van der Waals surface area contributed by atoms with Gasteiger partial charge in [-0.1, -0.05) is 0 Å². The number of amides is 1. The van der Waals surface area contributed by atoms with Gasteiger partial charge in [-0.3, -0.25) is 10.0 Å². The third-order valence-electron chi connectivity index (χ3n) is 3.70. The Labute approximate surface area is 147 Å². The number of hydroxylamine groups is 1. The van der Waals surface area contributed by atoms with Crippen molar-refractivity contribution in [3.63, 3.8) is 0 Å². The molecule has 0 spiro atoms. The lowest BCUT2D eigenvalue weighted by Crippen LogP contribution is -2.18. The highest BCUT2D eigenvalue weighted by Crippen LogP contribution is 2.20.